The van der Waals surface area contributed by atoms with E-state index < -0.39 is 0 Å². The molecule has 6 heteroatoms. The molecule has 1 aromatic heterocycles. The summed E-state index contributed by atoms with van der Waals surface area (Å²) in [5.41, 5.74) is 1.24. The lowest BCUT2D eigenvalue weighted by Gasteiger charge is -2.22. The average molecular weight is 359 g/mol. The molecule has 1 rings (SSSR count). The van der Waals surface area contributed by atoms with Crippen molar-refractivity contribution in [2.24, 2.45) is 12.0 Å². The molecule has 0 aliphatic heterocycles. The molecule has 1 N–H and O–H groups in total. The fourth-order valence-corrected chi connectivity index (χ4v) is 2.67. The number of halogens is 1. The zero-order valence-electron chi connectivity index (χ0n) is 13.5. The van der Waals surface area contributed by atoms with E-state index in [1.165, 1.54) is 5.69 Å². The van der Waals surface area contributed by atoms with Crippen LogP contribution in [-0.4, -0.2) is 49.3 Å². The second-order valence-electron chi connectivity index (χ2n) is 4.99. The summed E-state index contributed by atoms with van der Waals surface area (Å²) >= 11 is 3.50. The minimum atomic E-state index is 0.796. The molecule has 0 spiro atoms. The van der Waals surface area contributed by atoms with Gasteiger partial charge in [0, 0.05) is 57.3 Å². The van der Waals surface area contributed by atoms with Crippen LogP contribution in [0.1, 0.15) is 25.5 Å². The molecule has 0 amide bonds. The van der Waals surface area contributed by atoms with Crippen LogP contribution in [0.25, 0.3) is 0 Å². The van der Waals surface area contributed by atoms with E-state index in [0.29, 0.717) is 0 Å². The highest BCUT2D eigenvalue weighted by atomic mass is 79.9. The maximum atomic E-state index is 5.33. The van der Waals surface area contributed by atoms with Gasteiger partial charge in [0.2, 0.25) is 0 Å². The lowest BCUT2D eigenvalue weighted by atomic mass is 10.3. The number of nitrogens with zero attached hydrogens (tertiary/aromatic N) is 3. The summed E-state index contributed by atoms with van der Waals surface area (Å²) in [4.78, 5) is 6.46. The van der Waals surface area contributed by atoms with Crippen molar-refractivity contribution in [3.63, 3.8) is 0 Å². The number of hydrogen-bond donors (Lipinski definition) is 1. The zero-order chi connectivity index (χ0) is 15.7. The van der Waals surface area contributed by atoms with Crippen molar-refractivity contribution in [3.8, 4) is 0 Å². The minimum absolute atomic E-state index is 0.796. The van der Waals surface area contributed by atoms with Gasteiger partial charge in [0.05, 0.1) is 6.54 Å². The Morgan fingerprint density at radius 1 is 1.48 bits per heavy atom. The molecule has 0 aliphatic rings. The van der Waals surface area contributed by atoms with Crippen molar-refractivity contribution in [1.82, 2.24) is 14.8 Å². The summed E-state index contributed by atoms with van der Waals surface area (Å²) in [7, 11) is 5.92. The van der Waals surface area contributed by atoms with Crippen LogP contribution in [0.2, 0.25) is 0 Å². The summed E-state index contributed by atoms with van der Waals surface area (Å²) in [6.07, 6.45) is 4.22. The van der Waals surface area contributed by atoms with E-state index in [2.05, 4.69) is 62.1 Å². The standard InChI is InChI=1S/C15H27BrN4O/c1-5-21-9-7-6-8-18-15(17-2)20(4)12-14-10-13(16)11-19(14)3/h10-11H,5-9,12H2,1-4H3,(H,17,18). The van der Waals surface area contributed by atoms with Gasteiger partial charge in [0.25, 0.3) is 0 Å². The monoisotopic (exact) mass is 358 g/mol. The van der Waals surface area contributed by atoms with Gasteiger partial charge in [-0.1, -0.05) is 0 Å². The van der Waals surface area contributed by atoms with Gasteiger partial charge in [-0.25, -0.2) is 0 Å². The van der Waals surface area contributed by atoms with E-state index in [1.807, 2.05) is 14.0 Å². The normalized spacial score (nSPS) is 11.8. The zero-order valence-corrected chi connectivity index (χ0v) is 15.1. The highest BCUT2D eigenvalue weighted by Gasteiger charge is 2.09. The van der Waals surface area contributed by atoms with Crippen molar-refractivity contribution in [2.45, 2.75) is 26.3 Å². The summed E-state index contributed by atoms with van der Waals surface area (Å²) in [5, 5.41) is 3.39. The molecule has 120 valence electrons. The van der Waals surface area contributed by atoms with Crippen molar-refractivity contribution >= 4 is 21.9 Å². The third-order valence-electron chi connectivity index (χ3n) is 3.25. The molecule has 0 aromatic carbocycles. The number of nitrogens with one attached hydrogen (secondary N) is 1. The summed E-state index contributed by atoms with van der Waals surface area (Å²) in [6, 6.07) is 2.13. The Balaban J connectivity index is 2.36. The Labute approximate surface area is 136 Å². The van der Waals surface area contributed by atoms with Crippen LogP contribution >= 0.6 is 15.9 Å². The van der Waals surface area contributed by atoms with Gasteiger partial charge >= 0.3 is 0 Å². The van der Waals surface area contributed by atoms with Crippen LogP contribution in [0.4, 0.5) is 0 Å². The van der Waals surface area contributed by atoms with Crippen molar-refractivity contribution in [3.05, 3.63) is 22.4 Å². The first-order valence-corrected chi connectivity index (χ1v) is 8.18. The Morgan fingerprint density at radius 2 is 2.24 bits per heavy atom. The molecule has 1 aromatic rings. The lowest BCUT2D eigenvalue weighted by molar-refractivity contribution is 0.143. The van der Waals surface area contributed by atoms with E-state index in [4.69, 9.17) is 4.74 Å². The molecule has 0 fully saturated rings. The van der Waals surface area contributed by atoms with Crippen LogP contribution in [0, 0.1) is 0 Å². The first kappa shape index (κ1) is 18.0. The fourth-order valence-electron chi connectivity index (χ4n) is 2.10. The van der Waals surface area contributed by atoms with E-state index in [-0.39, 0.29) is 0 Å². The van der Waals surface area contributed by atoms with Gasteiger partial charge in [-0.05, 0) is 41.8 Å². The molecule has 0 atom stereocenters. The molecular formula is C15H27BrN4O. The smallest absolute Gasteiger partial charge is 0.193 e. The minimum Gasteiger partial charge on any atom is -0.382 e. The maximum Gasteiger partial charge on any atom is 0.193 e. The van der Waals surface area contributed by atoms with E-state index in [9.17, 15) is 0 Å². The second-order valence-corrected chi connectivity index (χ2v) is 5.91. The number of unbranched alkanes of at least 4 members (excludes halogenated alkanes) is 1. The van der Waals surface area contributed by atoms with Gasteiger partial charge in [0.1, 0.15) is 0 Å². The highest BCUT2D eigenvalue weighted by Crippen LogP contribution is 2.14. The predicted molar refractivity (Wildman–Crippen MR) is 91.7 cm³/mol. The van der Waals surface area contributed by atoms with Crippen LogP contribution in [0.5, 0.6) is 0 Å². The second kappa shape index (κ2) is 9.84. The molecule has 1 heterocycles. The first-order chi connectivity index (χ1) is 10.1. The number of aromatic nitrogens is 1. The Morgan fingerprint density at radius 3 is 2.81 bits per heavy atom. The average Bonchev–Trinajstić information content (AvgIpc) is 2.76. The Hall–Kier alpha value is -1.01. The van der Waals surface area contributed by atoms with Crippen LogP contribution < -0.4 is 5.32 Å². The van der Waals surface area contributed by atoms with E-state index in [0.717, 1.165) is 49.6 Å². The number of guanidine groups is 1. The van der Waals surface area contributed by atoms with Gasteiger partial charge in [-0.3, -0.25) is 4.99 Å². The van der Waals surface area contributed by atoms with Gasteiger partial charge < -0.3 is 19.5 Å². The summed E-state index contributed by atoms with van der Waals surface area (Å²) in [6.45, 7) is 5.40. The number of hydrogen-bond acceptors (Lipinski definition) is 2. The molecule has 0 radical (unpaired) electrons. The van der Waals surface area contributed by atoms with Crippen molar-refractivity contribution in [1.29, 1.82) is 0 Å². The molecule has 0 saturated heterocycles. The SMILES string of the molecule is CCOCCCCNC(=NC)N(C)Cc1cc(Br)cn1C. The van der Waals surface area contributed by atoms with Crippen LogP contribution in [-0.2, 0) is 18.3 Å². The number of aryl methyl sites for hydroxylation is 1. The van der Waals surface area contributed by atoms with Gasteiger partial charge in [0.15, 0.2) is 5.96 Å². The van der Waals surface area contributed by atoms with Crippen LogP contribution in [0.3, 0.4) is 0 Å². The summed E-state index contributed by atoms with van der Waals surface area (Å²) in [5.74, 6) is 0.920. The molecule has 0 saturated carbocycles. The number of ether oxygens (including phenoxy) is 1. The maximum absolute atomic E-state index is 5.33. The Bertz CT molecular complexity index is 445. The third-order valence-corrected chi connectivity index (χ3v) is 3.68. The quantitative estimate of drug-likeness (QED) is 0.441. The third kappa shape index (κ3) is 6.52. The van der Waals surface area contributed by atoms with E-state index >= 15 is 0 Å². The Kier molecular flexibility index (Phi) is 8.45. The van der Waals surface area contributed by atoms with E-state index in [1.54, 1.807) is 0 Å². The molecule has 21 heavy (non-hydrogen) atoms. The molecule has 0 bridgehead atoms. The van der Waals surface area contributed by atoms with Crippen LogP contribution in [0.15, 0.2) is 21.7 Å². The topological polar surface area (TPSA) is 41.8 Å². The molecule has 0 unspecified atom stereocenters. The molecule has 0 aliphatic carbocycles. The number of aliphatic imine (C=N–C) groups is 1. The first-order valence-electron chi connectivity index (χ1n) is 7.38. The largest absolute Gasteiger partial charge is 0.382 e. The fraction of sp³-hybridized carbons (Fsp3) is 0.667. The highest BCUT2D eigenvalue weighted by molar-refractivity contribution is 9.10. The van der Waals surface area contributed by atoms with Crippen molar-refractivity contribution < 1.29 is 4.74 Å². The van der Waals surface area contributed by atoms with Gasteiger partial charge in [-0.2, -0.15) is 0 Å². The summed E-state index contributed by atoms with van der Waals surface area (Å²) < 4.78 is 8.56. The molecule has 5 nitrogen and oxygen atoms in total. The number of rotatable bonds is 8. The molecular weight excluding hydrogens is 332 g/mol. The predicted octanol–water partition coefficient (Wildman–Crippen LogP) is 2.61. The van der Waals surface area contributed by atoms with Gasteiger partial charge in [-0.15, -0.1) is 0 Å². The lowest BCUT2D eigenvalue weighted by Crippen LogP contribution is -2.39. The van der Waals surface area contributed by atoms with Crippen molar-refractivity contribution in [2.75, 3.05) is 33.9 Å².